The highest BCUT2D eigenvalue weighted by Crippen LogP contribution is 2.21. The van der Waals surface area contributed by atoms with E-state index in [0.717, 1.165) is 33.2 Å². The van der Waals surface area contributed by atoms with Crippen molar-refractivity contribution < 1.29 is 14.0 Å². The van der Waals surface area contributed by atoms with Crippen LogP contribution in [0.2, 0.25) is 0 Å². The van der Waals surface area contributed by atoms with Crippen molar-refractivity contribution in [1.82, 2.24) is 14.8 Å². The summed E-state index contributed by atoms with van der Waals surface area (Å²) >= 11 is 0. The number of nitrogens with zero attached hydrogens (tertiary/aromatic N) is 2. The molecule has 0 atom stereocenters. The third kappa shape index (κ3) is 7.13. The molecule has 5 aromatic rings. The summed E-state index contributed by atoms with van der Waals surface area (Å²) in [6.07, 6.45) is 2.63. The molecule has 6 heteroatoms. The molecule has 1 aromatic heterocycles. The van der Waals surface area contributed by atoms with Gasteiger partial charge in [-0.3, -0.25) is 9.59 Å². The highest BCUT2D eigenvalue weighted by atomic mass is 19.1. The average Bonchev–Trinajstić information content (AvgIpc) is 3.43. The molecule has 0 unspecified atom stereocenters. The molecule has 0 fully saturated rings. The smallest absolute Gasteiger partial charge is 0.254 e. The van der Waals surface area contributed by atoms with Gasteiger partial charge < -0.3 is 14.8 Å². The van der Waals surface area contributed by atoms with Gasteiger partial charge in [0.05, 0.1) is 0 Å². The van der Waals surface area contributed by atoms with E-state index in [2.05, 4.69) is 11.1 Å². The molecule has 0 saturated heterocycles. The lowest BCUT2D eigenvalue weighted by molar-refractivity contribution is -0.132. The van der Waals surface area contributed by atoms with E-state index in [1.165, 1.54) is 12.1 Å². The lowest BCUT2D eigenvalue weighted by Gasteiger charge is -2.29. The minimum absolute atomic E-state index is 0.0352. The summed E-state index contributed by atoms with van der Waals surface area (Å²) in [5.41, 5.74) is 5.67. The summed E-state index contributed by atoms with van der Waals surface area (Å²) in [7, 11) is 0. The number of aromatic amines is 1. The SMILES string of the molecule is CC(C)CN(CC(=O)N(CCc1c[nH]c2ccccc12)Cc1ccc(F)cc1)C(=O)c1ccc(-c2ccccc2)cc1. The number of fused-ring (bicyclic) bond motifs is 1. The third-order valence-electron chi connectivity index (χ3n) is 7.40. The Balaban J connectivity index is 1.35. The lowest BCUT2D eigenvalue weighted by Crippen LogP contribution is -2.44. The summed E-state index contributed by atoms with van der Waals surface area (Å²) in [4.78, 5) is 34.3. The first-order valence-corrected chi connectivity index (χ1v) is 14.4. The van der Waals surface area contributed by atoms with Crippen LogP contribution in [-0.2, 0) is 17.8 Å². The summed E-state index contributed by atoms with van der Waals surface area (Å²) in [5, 5.41) is 1.13. The number of hydrogen-bond acceptors (Lipinski definition) is 2. The Morgan fingerprint density at radius 3 is 2.17 bits per heavy atom. The number of carbonyl (C=O) groups is 2. The molecule has 1 heterocycles. The second-order valence-electron chi connectivity index (χ2n) is 11.1. The number of halogens is 1. The Morgan fingerprint density at radius 1 is 0.786 bits per heavy atom. The zero-order valence-corrected chi connectivity index (χ0v) is 24.1. The van der Waals surface area contributed by atoms with Crippen LogP contribution in [0.5, 0.6) is 0 Å². The van der Waals surface area contributed by atoms with Crippen LogP contribution < -0.4 is 0 Å². The Labute approximate surface area is 246 Å². The Morgan fingerprint density at radius 2 is 1.45 bits per heavy atom. The summed E-state index contributed by atoms with van der Waals surface area (Å²) in [5.74, 6) is -0.450. The van der Waals surface area contributed by atoms with Gasteiger partial charge in [-0.25, -0.2) is 4.39 Å². The molecule has 1 N–H and O–H groups in total. The van der Waals surface area contributed by atoms with E-state index >= 15 is 0 Å². The topological polar surface area (TPSA) is 56.4 Å². The van der Waals surface area contributed by atoms with E-state index in [1.54, 1.807) is 21.9 Å². The van der Waals surface area contributed by atoms with E-state index < -0.39 is 0 Å². The van der Waals surface area contributed by atoms with Crippen LogP contribution in [0.1, 0.15) is 35.3 Å². The van der Waals surface area contributed by atoms with Crippen molar-refractivity contribution in [2.45, 2.75) is 26.8 Å². The number of rotatable bonds is 11. The maximum absolute atomic E-state index is 13.9. The number of para-hydroxylation sites is 1. The van der Waals surface area contributed by atoms with Crippen LogP contribution in [0, 0.1) is 11.7 Å². The molecule has 0 saturated carbocycles. The quantitative estimate of drug-likeness (QED) is 0.183. The molecule has 0 radical (unpaired) electrons. The van der Waals surface area contributed by atoms with Gasteiger partial charge in [-0.1, -0.05) is 86.6 Å². The molecule has 0 spiro atoms. The second kappa shape index (κ2) is 13.3. The highest BCUT2D eigenvalue weighted by molar-refractivity contribution is 5.97. The fraction of sp³-hybridized carbons (Fsp3) is 0.222. The number of carbonyl (C=O) groups excluding carboxylic acids is 2. The molecule has 0 bridgehead atoms. The molecule has 0 aliphatic carbocycles. The number of benzene rings is 4. The predicted octanol–water partition coefficient (Wildman–Crippen LogP) is 7.34. The van der Waals surface area contributed by atoms with Gasteiger partial charge in [0.2, 0.25) is 5.91 Å². The Hall–Kier alpha value is -4.71. The fourth-order valence-corrected chi connectivity index (χ4v) is 5.24. The molecule has 0 aliphatic heterocycles. The van der Waals surface area contributed by atoms with Crippen molar-refractivity contribution in [1.29, 1.82) is 0 Å². The number of aromatic nitrogens is 1. The van der Waals surface area contributed by atoms with Crippen LogP contribution in [0.3, 0.4) is 0 Å². The van der Waals surface area contributed by atoms with Crippen LogP contribution >= 0.6 is 0 Å². The van der Waals surface area contributed by atoms with E-state index in [9.17, 15) is 14.0 Å². The molecule has 2 amide bonds. The predicted molar refractivity (Wildman–Crippen MR) is 166 cm³/mol. The van der Waals surface area contributed by atoms with E-state index in [4.69, 9.17) is 0 Å². The minimum Gasteiger partial charge on any atom is -0.361 e. The van der Waals surface area contributed by atoms with Crippen molar-refractivity contribution in [2.75, 3.05) is 19.6 Å². The molecule has 4 aromatic carbocycles. The molecule has 5 rings (SSSR count). The lowest BCUT2D eigenvalue weighted by atomic mass is 10.0. The number of H-pyrrole nitrogens is 1. The van der Waals surface area contributed by atoms with Gasteiger partial charge in [0, 0.05) is 42.3 Å². The van der Waals surface area contributed by atoms with E-state index in [-0.39, 0.29) is 30.1 Å². The molecule has 214 valence electrons. The normalized spacial score (nSPS) is 11.1. The summed E-state index contributed by atoms with van der Waals surface area (Å²) in [6, 6.07) is 31.9. The standard InChI is InChI=1S/C36H36FN3O2/c1-26(2)23-40(36(42)30-16-14-29(15-17-30)28-8-4-3-5-9-28)25-35(41)39(24-27-12-18-32(37)19-13-27)21-20-31-22-38-34-11-7-6-10-33(31)34/h3-19,22,26,38H,20-21,23-25H2,1-2H3. The van der Waals surface area contributed by atoms with Crippen LogP contribution in [0.15, 0.2) is 109 Å². The first-order chi connectivity index (χ1) is 20.4. The highest BCUT2D eigenvalue weighted by Gasteiger charge is 2.24. The number of hydrogen-bond donors (Lipinski definition) is 1. The van der Waals surface area contributed by atoms with Gasteiger partial charge in [-0.15, -0.1) is 0 Å². The van der Waals surface area contributed by atoms with Gasteiger partial charge in [0.1, 0.15) is 12.4 Å². The zero-order chi connectivity index (χ0) is 29.5. The van der Waals surface area contributed by atoms with Crippen molar-refractivity contribution in [3.63, 3.8) is 0 Å². The van der Waals surface area contributed by atoms with Crippen LogP contribution in [0.25, 0.3) is 22.0 Å². The monoisotopic (exact) mass is 561 g/mol. The Bertz CT molecular complexity index is 1630. The molecular formula is C36H36FN3O2. The van der Waals surface area contributed by atoms with Gasteiger partial charge in [0.15, 0.2) is 0 Å². The van der Waals surface area contributed by atoms with Crippen molar-refractivity contribution in [3.8, 4) is 11.1 Å². The number of nitrogens with one attached hydrogen (secondary N) is 1. The molecule has 42 heavy (non-hydrogen) atoms. The van der Waals surface area contributed by atoms with Crippen molar-refractivity contribution in [3.05, 3.63) is 132 Å². The van der Waals surface area contributed by atoms with Crippen molar-refractivity contribution in [2.24, 2.45) is 5.92 Å². The molecule has 5 nitrogen and oxygen atoms in total. The van der Waals surface area contributed by atoms with E-state index in [1.807, 2.05) is 92.8 Å². The fourth-order valence-electron chi connectivity index (χ4n) is 5.24. The van der Waals surface area contributed by atoms with Crippen LogP contribution in [0.4, 0.5) is 4.39 Å². The van der Waals surface area contributed by atoms with Gasteiger partial charge >= 0.3 is 0 Å². The molecule has 0 aliphatic rings. The van der Waals surface area contributed by atoms with Gasteiger partial charge in [-0.05, 0) is 64.9 Å². The largest absolute Gasteiger partial charge is 0.361 e. The minimum atomic E-state index is -0.317. The number of amides is 2. The maximum Gasteiger partial charge on any atom is 0.254 e. The summed E-state index contributed by atoms with van der Waals surface area (Å²) in [6.45, 7) is 5.29. The van der Waals surface area contributed by atoms with Gasteiger partial charge in [0.25, 0.3) is 5.91 Å². The van der Waals surface area contributed by atoms with E-state index in [0.29, 0.717) is 31.6 Å². The maximum atomic E-state index is 13.9. The summed E-state index contributed by atoms with van der Waals surface area (Å²) < 4.78 is 13.6. The average molecular weight is 562 g/mol. The van der Waals surface area contributed by atoms with Crippen molar-refractivity contribution >= 4 is 22.7 Å². The van der Waals surface area contributed by atoms with Crippen LogP contribution in [-0.4, -0.2) is 46.2 Å². The zero-order valence-electron chi connectivity index (χ0n) is 24.1. The first-order valence-electron chi connectivity index (χ1n) is 14.4. The Kier molecular flexibility index (Phi) is 9.12. The third-order valence-corrected chi connectivity index (χ3v) is 7.40. The van der Waals surface area contributed by atoms with Gasteiger partial charge in [-0.2, -0.15) is 0 Å². The second-order valence-corrected chi connectivity index (χ2v) is 11.1. The first kappa shape index (κ1) is 28.8. The molecular weight excluding hydrogens is 525 g/mol.